The van der Waals surface area contributed by atoms with E-state index in [1.807, 2.05) is 0 Å². The maximum absolute atomic E-state index is 13.0. The van der Waals surface area contributed by atoms with Crippen LogP contribution in [0.15, 0.2) is 6.07 Å². The number of rotatable bonds is 2. The van der Waals surface area contributed by atoms with Crippen LogP contribution in [-0.2, 0) is 4.79 Å². The number of nitrogens with one attached hydrogen (secondary N) is 2. The van der Waals surface area contributed by atoms with E-state index in [0.717, 1.165) is 5.69 Å². The predicted molar refractivity (Wildman–Crippen MR) is 47.1 cm³/mol. The van der Waals surface area contributed by atoms with Crippen LogP contribution in [-0.4, -0.2) is 21.8 Å². The highest BCUT2D eigenvalue weighted by molar-refractivity contribution is 5.95. The summed E-state index contributed by atoms with van der Waals surface area (Å²) < 4.78 is 13.0. The molecule has 0 radical (unpaired) electrons. The summed E-state index contributed by atoms with van der Waals surface area (Å²) in [6.07, 6.45) is 0. The summed E-state index contributed by atoms with van der Waals surface area (Å²) in [5.74, 6) is -0.354. The normalized spacial score (nSPS) is 11.4. The number of hydrogen-bond acceptors (Lipinski definition) is 2. The fourth-order valence-corrected chi connectivity index (χ4v) is 0.747. The molecule has 5 heteroatoms. The number of nitrogens with zero attached hydrogens (tertiary/aromatic N) is 1. The molecule has 0 atom stereocenters. The molecular weight excluding hydrogens is 173 g/mol. The first-order chi connectivity index (χ1) is 5.89. The van der Waals surface area contributed by atoms with E-state index < -0.39 is 11.6 Å². The average molecular weight is 185 g/mol. The fourth-order valence-electron chi connectivity index (χ4n) is 0.747. The molecule has 1 amide bonds. The van der Waals surface area contributed by atoms with E-state index in [0.29, 0.717) is 5.82 Å². The lowest BCUT2D eigenvalue weighted by Crippen LogP contribution is -2.32. The molecule has 4 nitrogen and oxygen atoms in total. The van der Waals surface area contributed by atoms with Crippen LogP contribution >= 0.6 is 0 Å². The Labute approximate surface area is 75.5 Å². The molecule has 0 fully saturated rings. The molecule has 0 spiro atoms. The summed E-state index contributed by atoms with van der Waals surface area (Å²) in [5, 5.41) is 8.73. The zero-order valence-corrected chi connectivity index (χ0v) is 7.81. The highest BCUT2D eigenvalue weighted by Gasteiger charge is 2.26. The van der Waals surface area contributed by atoms with Gasteiger partial charge in [-0.3, -0.25) is 9.89 Å². The quantitative estimate of drug-likeness (QED) is 0.731. The summed E-state index contributed by atoms with van der Waals surface area (Å²) in [7, 11) is 0. The Balaban J connectivity index is 2.65. The van der Waals surface area contributed by atoms with Crippen molar-refractivity contribution in [1.82, 2.24) is 10.2 Å². The molecule has 0 bridgehead atoms. The molecule has 0 aliphatic heterocycles. The van der Waals surface area contributed by atoms with Gasteiger partial charge in [-0.15, -0.1) is 0 Å². The number of anilines is 1. The zero-order chi connectivity index (χ0) is 10.1. The van der Waals surface area contributed by atoms with Crippen LogP contribution in [0.3, 0.4) is 0 Å². The van der Waals surface area contributed by atoms with Crippen LogP contribution in [0.25, 0.3) is 0 Å². The van der Waals surface area contributed by atoms with Gasteiger partial charge in [0.05, 0.1) is 0 Å². The molecule has 1 aromatic rings. The monoisotopic (exact) mass is 185 g/mol. The number of amides is 1. The molecule has 0 saturated carbocycles. The predicted octanol–water partition coefficient (Wildman–Crippen LogP) is 1.40. The minimum absolute atomic E-state index is 0.341. The van der Waals surface area contributed by atoms with Crippen molar-refractivity contribution in [3.05, 3.63) is 11.8 Å². The van der Waals surface area contributed by atoms with Gasteiger partial charge in [0, 0.05) is 11.8 Å². The smallest absolute Gasteiger partial charge is 0.262 e. The van der Waals surface area contributed by atoms with Crippen LogP contribution in [0.4, 0.5) is 10.2 Å². The summed E-state index contributed by atoms with van der Waals surface area (Å²) in [5.41, 5.74) is -1.07. The lowest BCUT2D eigenvalue weighted by Gasteiger charge is -2.11. The van der Waals surface area contributed by atoms with E-state index >= 15 is 0 Å². The third-order valence-corrected chi connectivity index (χ3v) is 1.49. The van der Waals surface area contributed by atoms with Crippen LogP contribution in [0.1, 0.15) is 19.5 Å². The highest BCUT2D eigenvalue weighted by atomic mass is 19.1. The van der Waals surface area contributed by atoms with E-state index in [4.69, 9.17) is 0 Å². The molecule has 0 unspecified atom stereocenters. The topological polar surface area (TPSA) is 57.8 Å². The van der Waals surface area contributed by atoms with Gasteiger partial charge in [0.2, 0.25) is 0 Å². The molecule has 1 rings (SSSR count). The van der Waals surface area contributed by atoms with Crippen molar-refractivity contribution in [3.8, 4) is 0 Å². The molecule has 0 aromatic carbocycles. The first-order valence-electron chi connectivity index (χ1n) is 3.92. The van der Waals surface area contributed by atoms with Gasteiger partial charge in [0.1, 0.15) is 0 Å². The van der Waals surface area contributed by atoms with Crippen LogP contribution in [0, 0.1) is 6.92 Å². The third-order valence-electron chi connectivity index (χ3n) is 1.49. The molecule has 72 valence electrons. The van der Waals surface area contributed by atoms with Crippen LogP contribution in [0.2, 0.25) is 0 Å². The van der Waals surface area contributed by atoms with E-state index in [2.05, 4.69) is 15.5 Å². The van der Waals surface area contributed by atoms with Crippen molar-refractivity contribution in [2.75, 3.05) is 5.32 Å². The van der Waals surface area contributed by atoms with Crippen molar-refractivity contribution in [2.45, 2.75) is 26.4 Å². The maximum atomic E-state index is 13.0. The zero-order valence-electron chi connectivity index (χ0n) is 7.81. The number of H-pyrrole nitrogens is 1. The largest absolute Gasteiger partial charge is 0.306 e. The van der Waals surface area contributed by atoms with Crippen molar-refractivity contribution in [1.29, 1.82) is 0 Å². The minimum atomic E-state index is -1.88. The third kappa shape index (κ3) is 2.54. The number of carbonyl (C=O) groups is 1. The number of alkyl halides is 1. The summed E-state index contributed by atoms with van der Waals surface area (Å²) in [4.78, 5) is 11.1. The number of carbonyl (C=O) groups excluding carboxylic acids is 1. The van der Waals surface area contributed by atoms with Crippen LogP contribution < -0.4 is 5.32 Å². The second-order valence-corrected chi connectivity index (χ2v) is 3.36. The Hall–Kier alpha value is -1.39. The molecule has 0 aliphatic rings. The lowest BCUT2D eigenvalue weighted by molar-refractivity contribution is -0.125. The van der Waals surface area contributed by atoms with Gasteiger partial charge in [-0.25, -0.2) is 4.39 Å². The standard InChI is InChI=1S/C8H12FN3O/c1-5-4-6(12-11-5)10-7(13)8(2,3)9/h4H,1-3H3,(H2,10,11,12,13). The molecule has 1 aromatic heterocycles. The Morgan fingerprint density at radius 3 is 2.69 bits per heavy atom. The van der Waals surface area contributed by atoms with Gasteiger partial charge in [-0.2, -0.15) is 5.10 Å². The molecule has 13 heavy (non-hydrogen) atoms. The second-order valence-electron chi connectivity index (χ2n) is 3.36. The Morgan fingerprint density at radius 2 is 2.31 bits per heavy atom. The van der Waals surface area contributed by atoms with Gasteiger partial charge in [-0.1, -0.05) is 0 Å². The number of aryl methyl sites for hydroxylation is 1. The van der Waals surface area contributed by atoms with E-state index in [9.17, 15) is 9.18 Å². The maximum Gasteiger partial charge on any atom is 0.262 e. The Morgan fingerprint density at radius 1 is 1.69 bits per heavy atom. The van der Waals surface area contributed by atoms with E-state index in [1.54, 1.807) is 13.0 Å². The van der Waals surface area contributed by atoms with Crippen molar-refractivity contribution in [2.24, 2.45) is 0 Å². The van der Waals surface area contributed by atoms with Crippen molar-refractivity contribution < 1.29 is 9.18 Å². The first-order valence-corrected chi connectivity index (χ1v) is 3.92. The second kappa shape index (κ2) is 3.16. The first kappa shape index (κ1) is 9.70. The fraction of sp³-hybridized carbons (Fsp3) is 0.500. The van der Waals surface area contributed by atoms with Gasteiger partial charge >= 0.3 is 0 Å². The molecule has 0 aliphatic carbocycles. The highest BCUT2D eigenvalue weighted by Crippen LogP contribution is 2.12. The van der Waals surface area contributed by atoms with E-state index in [-0.39, 0.29) is 0 Å². The molecule has 0 saturated heterocycles. The summed E-state index contributed by atoms with van der Waals surface area (Å²) in [6.45, 7) is 4.19. The van der Waals surface area contributed by atoms with E-state index in [1.165, 1.54) is 13.8 Å². The van der Waals surface area contributed by atoms with Gasteiger partial charge in [-0.05, 0) is 20.8 Å². The average Bonchev–Trinajstić information content (AvgIpc) is 2.33. The number of halogens is 1. The Bertz CT molecular complexity index is 313. The number of aromatic nitrogens is 2. The number of hydrogen-bond donors (Lipinski definition) is 2. The van der Waals surface area contributed by atoms with Gasteiger partial charge in [0.25, 0.3) is 5.91 Å². The summed E-state index contributed by atoms with van der Waals surface area (Å²) in [6, 6.07) is 1.63. The minimum Gasteiger partial charge on any atom is -0.306 e. The van der Waals surface area contributed by atoms with Crippen molar-refractivity contribution in [3.63, 3.8) is 0 Å². The molecular formula is C8H12FN3O. The molecule has 1 heterocycles. The van der Waals surface area contributed by atoms with Crippen molar-refractivity contribution >= 4 is 11.7 Å². The number of aromatic amines is 1. The van der Waals surface area contributed by atoms with Gasteiger partial charge < -0.3 is 5.32 Å². The Kier molecular flexibility index (Phi) is 2.36. The molecule has 2 N–H and O–H groups in total. The summed E-state index contributed by atoms with van der Waals surface area (Å²) >= 11 is 0. The SMILES string of the molecule is Cc1cc(NC(=O)C(C)(C)F)n[nH]1. The van der Waals surface area contributed by atoms with Gasteiger partial charge in [0.15, 0.2) is 11.5 Å². The van der Waals surface area contributed by atoms with Crippen LogP contribution in [0.5, 0.6) is 0 Å². The lowest BCUT2D eigenvalue weighted by atomic mass is 10.1.